The predicted molar refractivity (Wildman–Crippen MR) is 63.4 cm³/mol. The van der Waals surface area contributed by atoms with E-state index in [1.54, 1.807) is 32.0 Å². The Morgan fingerprint density at radius 3 is 2.40 bits per heavy atom. The maximum Gasteiger partial charge on any atom is 0.243 e. The lowest BCUT2D eigenvalue weighted by atomic mass is 10.1. The third-order valence-electron chi connectivity index (χ3n) is 1.76. The summed E-state index contributed by atoms with van der Waals surface area (Å²) >= 11 is 11.5. The lowest BCUT2D eigenvalue weighted by molar-refractivity contribution is -0.120. The number of hydrogen-bond donors (Lipinski definition) is 2. The normalized spacial score (nSPS) is 11.3. The van der Waals surface area contributed by atoms with E-state index in [9.17, 15) is 4.79 Å². The van der Waals surface area contributed by atoms with E-state index in [0.29, 0.717) is 15.7 Å². The summed E-state index contributed by atoms with van der Waals surface area (Å²) in [5, 5.41) is 3.48. The average Bonchev–Trinajstić information content (AvgIpc) is 2.10. The first-order valence-corrected chi connectivity index (χ1v) is 5.11. The van der Waals surface area contributed by atoms with E-state index in [1.165, 1.54) is 0 Å². The molecule has 1 rings (SSSR count). The van der Waals surface area contributed by atoms with Crippen LogP contribution in [-0.4, -0.2) is 11.4 Å². The highest BCUT2D eigenvalue weighted by atomic mass is 35.5. The zero-order chi connectivity index (χ0) is 11.6. The summed E-state index contributed by atoms with van der Waals surface area (Å²) in [6.07, 6.45) is 0. The molecule has 5 heteroatoms. The number of hydrogen-bond acceptors (Lipinski definition) is 2. The molecule has 3 nitrogen and oxygen atoms in total. The van der Waals surface area contributed by atoms with Crippen molar-refractivity contribution in [2.45, 2.75) is 19.4 Å². The number of halogens is 2. The van der Waals surface area contributed by atoms with Gasteiger partial charge >= 0.3 is 0 Å². The molecule has 0 heterocycles. The van der Waals surface area contributed by atoms with Crippen LogP contribution < -0.4 is 11.1 Å². The molecule has 0 aliphatic carbocycles. The Balaban J connectivity index is 2.83. The highest BCUT2D eigenvalue weighted by Crippen LogP contribution is 2.25. The van der Waals surface area contributed by atoms with Crippen LogP contribution in [0.1, 0.15) is 13.8 Å². The van der Waals surface area contributed by atoms with Gasteiger partial charge in [0.05, 0.1) is 15.6 Å². The molecule has 0 saturated carbocycles. The van der Waals surface area contributed by atoms with Gasteiger partial charge in [0.25, 0.3) is 0 Å². The molecule has 1 aromatic rings. The second-order valence-electron chi connectivity index (χ2n) is 3.80. The fourth-order valence-corrected chi connectivity index (χ4v) is 1.16. The van der Waals surface area contributed by atoms with Gasteiger partial charge in [-0.15, -0.1) is 0 Å². The Labute approximate surface area is 98.5 Å². The quantitative estimate of drug-likeness (QED) is 0.844. The Kier molecular flexibility index (Phi) is 3.60. The summed E-state index contributed by atoms with van der Waals surface area (Å²) in [6.45, 7) is 3.25. The van der Waals surface area contributed by atoms with E-state index in [-0.39, 0.29) is 5.91 Å². The van der Waals surface area contributed by atoms with Crippen molar-refractivity contribution in [2.24, 2.45) is 5.73 Å². The van der Waals surface area contributed by atoms with Crippen molar-refractivity contribution in [1.29, 1.82) is 0 Å². The lowest BCUT2D eigenvalue weighted by Gasteiger charge is -2.17. The van der Waals surface area contributed by atoms with E-state index < -0.39 is 5.54 Å². The summed E-state index contributed by atoms with van der Waals surface area (Å²) in [5.41, 5.74) is 5.28. The van der Waals surface area contributed by atoms with E-state index in [0.717, 1.165) is 0 Å². The van der Waals surface area contributed by atoms with Gasteiger partial charge in [-0.05, 0) is 32.0 Å². The van der Waals surface area contributed by atoms with Crippen LogP contribution >= 0.6 is 23.2 Å². The Morgan fingerprint density at radius 1 is 1.33 bits per heavy atom. The van der Waals surface area contributed by atoms with Gasteiger partial charge in [0, 0.05) is 5.69 Å². The van der Waals surface area contributed by atoms with Gasteiger partial charge in [-0.25, -0.2) is 0 Å². The predicted octanol–water partition coefficient (Wildman–Crippen LogP) is 2.67. The molecule has 0 spiro atoms. The van der Waals surface area contributed by atoms with Gasteiger partial charge in [0.1, 0.15) is 0 Å². The average molecular weight is 247 g/mol. The molecule has 0 bridgehead atoms. The molecule has 0 aliphatic heterocycles. The monoisotopic (exact) mass is 246 g/mol. The van der Waals surface area contributed by atoms with Crippen LogP contribution in [0.2, 0.25) is 10.0 Å². The molecule has 0 saturated heterocycles. The van der Waals surface area contributed by atoms with Gasteiger partial charge < -0.3 is 11.1 Å². The van der Waals surface area contributed by atoms with E-state index in [4.69, 9.17) is 28.9 Å². The molecule has 0 aliphatic rings. The van der Waals surface area contributed by atoms with E-state index >= 15 is 0 Å². The first-order chi connectivity index (χ1) is 6.80. The van der Waals surface area contributed by atoms with Crippen LogP contribution in [0.5, 0.6) is 0 Å². The van der Waals surface area contributed by atoms with Crippen molar-refractivity contribution >= 4 is 34.8 Å². The van der Waals surface area contributed by atoms with Gasteiger partial charge in [-0.3, -0.25) is 4.79 Å². The maximum atomic E-state index is 11.5. The van der Waals surface area contributed by atoms with Gasteiger partial charge in [-0.2, -0.15) is 0 Å². The second kappa shape index (κ2) is 4.39. The number of benzene rings is 1. The SMILES string of the molecule is CC(C)(N)C(=O)Nc1ccc(Cl)c(Cl)c1. The van der Waals surface area contributed by atoms with Crippen LogP contribution in [0.15, 0.2) is 18.2 Å². The van der Waals surface area contributed by atoms with Crippen LogP contribution in [0, 0.1) is 0 Å². The summed E-state index contributed by atoms with van der Waals surface area (Å²) in [5.74, 6) is -0.277. The molecule has 0 radical (unpaired) electrons. The summed E-state index contributed by atoms with van der Waals surface area (Å²) in [7, 11) is 0. The first-order valence-electron chi connectivity index (χ1n) is 4.36. The minimum atomic E-state index is -0.924. The molecular formula is C10H12Cl2N2O. The number of carbonyl (C=O) groups is 1. The molecule has 0 fully saturated rings. The maximum absolute atomic E-state index is 11.5. The smallest absolute Gasteiger partial charge is 0.243 e. The van der Waals surface area contributed by atoms with E-state index in [1.807, 2.05) is 0 Å². The van der Waals surface area contributed by atoms with E-state index in [2.05, 4.69) is 5.32 Å². The molecule has 3 N–H and O–H groups in total. The molecule has 0 atom stereocenters. The summed E-state index contributed by atoms with van der Waals surface area (Å²) in [6, 6.07) is 4.86. The Hall–Kier alpha value is -0.770. The highest BCUT2D eigenvalue weighted by Gasteiger charge is 2.21. The van der Waals surface area contributed by atoms with Crippen LogP contribution in [0.4, 0.5) is 5.69 Å². The molecule has 1 aromatic carbocycles. The zero-order valence-electron chi connectivity index (χ0n) is 8.47. The van der Waals surface area contributed by atoms with Crippen LogP contribution in [-0.2, 0) is 4.79 Å². The Bertz CT molecular complexity index is 385. The topological polar surface area (TPSA) is 55.1 Å². The third kappa shape index (κ3) is 3.38. The number of carbonyl (C=O) groups excluding carboxylic acids is 1. The minimum Gasteiger partial charge on any atom is -0.324 e. The number of anilines is 1. The zero-order valence-corrected chi connectivity index (χ0v) is 9.99. The van der Waals surface area contributed by atoms with Gasteiger partial charge in [-0.1, -0.05) is 23.2 Å². The van der Waals surface area contributed by atoms with Crippen molar-refractivity contribution in [3.63, 3.8) is 0 Å². The first kappa shape index (κ1) is 12.3. The number of nitrogens with one attached hydrogen (secondary N) is 1. The number of amides is 1. The molecular weight excluding hydrogens is 235 g/mol. The highest BCUT2D eigenvalue weighted by molar-refractivity contribution is 6.42. The van der Waals surface area contributed by atoms with Crippen molar-refractivity contribution < 1.29 is 4.79 Å². The largest absolute Gasteiger partial charge is 0.324 e. The van der Waals surface area contributed by atoms with Gasteiger partial charge in [0.2, 0.25) is 5.91 Å². The third-order valence-corrected chi connectivity index (χ3v) is 2.50. The number of rotatable bonds is 2. The molecule has 0 aromatic heterocycles. The second-order valence-corrected chi connectivity index (χ2v) is 4.62. The molecule has 15 heavy (non-hydrogen) atoms. The minimum absolute atomic E-state index is 0.277. The Morgan fingerprint density at radius 2 is 1.93 bits per heavy atom. The van der Waals surface area contributed by atoms with Crippen molar-refractivity contribution in [2.75, 3.05) is 5.32 Å². The molecule has 0 unspecified atom stereocenters. The fraction of sp³-hybridized carbons (Fsp3) is 0.300. The van der Waals surface area contributed by atoms with Crippen LogP contribution in [0.25, 0.3) is 0 Å². The lowest BCUT2D eigenvalue weighted by Crippen LogP contribution is -2.45. The molecule has 82 valence electrons. The fourth-order valence-electron chi connectivity index (χ4n) is 0.866. The van der Waals surface area contributed by atoms with Crippen LogP contribution in [0.3, 0.4) is 0 Å². The molecule has 1 amide bonds. The summed E-state index contributed by atoms with van der Waals surface area (Å²) in [4.78, 5) is 11.5. The van der Waals surface area contributed by atoms with Crippen molar-refractivity contribution in [1.82, 2.24) is 0 Å². The number of nitrogens with two attached hydrogens (primary N) is 1. The summed E-state index contributed by atoms with van der Waals surface area (Å²) < 4.78 is 0. The van der Waals surface area contributed by atoms with Crippen molar-refractivity contribution in [3.8, 4) is 0 Å². The van der Waals surface area contributed by atoms with Crippen molar-refractivity contribution in [3.05, 3.63) is 28.2 Å². The van der Waals surface area contributed by atoms with Gasteiger partial charge in [0.15, 0.2) is 0 Å². The standard InChI is InChI=1S/C10H12Cl2N2O/c1-10(2,13)9(15)14-6-3-4-7(11)8(12)5-6/h3-5H,13H2,1-2H3,(H,14,15).